The van der Waals surface area contributed by atoms with Gasteiger partial charge in [-0.05, 0) is 43.3 Å². The average molecular weight is 478 g/mol. The third kappa shape index (κ3) is 4.22. The zero-order valence-electron chi connectivity index (χ0n) is 20.0. The average Bonchev–Trinajstić information content (AvgIpc) is 3.36. The summed E-state index contributed by atoms with van der Waals surface area (Å²) < 4.78 is 26.2. The van der Waals surface area contributed by atoms with Crippen molar-refractivity contribution in [2.75, 3.05) is 45.3 Å². The minimum absolute atomic E-state index is 0.00836. The Balaban J connectivity index is 1.44. The van der Waals surface area contributed by atoms with Crippen LogP contribution in [-0.2, 0) is 4.79 Å². The molecule has 0 spiro atoms. The molecule has 0 bridgehead atoms. The van der Waals surface area contributed by atoms with Crippen molar-refractivity contribution in [1.82, 2.24) is 14.7 Å². The maximum Gasteiger partial charge on any atom is 0.234 e. The fourth-order valence-electron chi connectivity index (χ4n) is 4.95. The molecule has 1 fully saturated rings. The molecule has 2 aromatic carbocycles. The number of aliphatic imine (C=N–C) groups is 1. The van der Waals surface area contributed by atoms with Crippen LogP contribution in [-0.4, -0.2) is 66.7 Å². The number of piperazine rings is 1. The van der Waals surface area contributed by atoms with E-state index >= 15 is 0 Å². The lowest BCUT2D eigenvalue weighted by atomic mass is 9.86. The predicted octanol–water partition coefficient (Wildman–Crippen LogP) is 3.70. The lowest BCUT2D eigenvalue weighted by Crippen LogP contribution is -2.53. The molecule has 0 radical (unpaired) electrons. The van der Waals surface area contributed by atoms with E-state index in [1.165, 1.54) is 12.1 Å². The number of ether oxygens (including phenoxy) is 2. The van der Waals surface area contributed by atoms with Gasteiger partial charge in [0.25, 0.3) is 0 Å². The van der Waals surface area contributed by atoms with E-state index in [1.807, 2.05) is 36.1 Å². The first kappa shape index (κ1) is 22.9. The number of amides is 1. The van der Waals surface area contributed by atoms with Gasteiger partial charge in [0.05, 0.1) is 26.5 Å². The summed E-state index contributed by atoms with van der Waals surface area (Å²) in [6.45, 7) is 4.38. The predicted molar refractivity (Wildman–Crippen MR) is 131 cm³/mol. The number of rotatable bonds is 5. The van der Waals surface area contributed by atoms with Crippen LogP contribution in [0.25, 0.3) is 0 Å². The largest absolute Gasteiger partial charge is 0.497 e. The van der Waals surface area contributed by atoms with Gasteiger partial charge in [0, 0.05) is 55.3 Å². The van der Waals surface area contributed by atoms with Crippen molar-refractivity contribution in [3.8, 4) is 11.5 Å². The molecule has 2 unspecified atom stereocenters. The van der Waals surface area contributed by atoms with Crippen molar-refractivity contribution in [3.05, 3.63) is 66.1 Å². The molecule has 0 aliphatic carbocycles. The number of halogens is 1. The van der Waals surface area contributed by atoms with Gasteiger partial charge >= 0.3 is 0 Å². The zero-order chi connectivity index (χ0) is 24.5. The van der Waals surface area contributed by atoms with Crippen molar-refractivity contribution in [2.45, 2.75) is 13.0 Å². The fourth-order valence-corrected chi connectivity index (χ4v) is 4.95. The van der Waals surface area contributed by atoms with Crippen LogP contribution in [0.4, 0.5) is 15.9 Å². The smallest absolute Gasteiger partial charge is 0.234 e. The number of carbonyl (C=O) groups is 1. The van der Waals surface area contributed by atoms with Gasteiger partial charge in [-0.3, -0.25) is 4.79 Å². The Hall–Kier alpha value is -3.88. The number of carbonyl (C=O) groups excluding carboxylic acids is 1. The van der Waals surface area contributed by atoms with Gasteiger partial charge in [-0.1, -0.05) is 0 Å². The zero-order valence-corrected chi connectivity index (χ0v) is 20.0. The monoisotopic (exact) mass is 477 g/mol. The summed E-state index contributed by atoms with van der Waals surface area (Å²) in [4.78, 5) is 22.7. The molecular formula is C26H28FN5O3. The van der Waals surface area contributed by atoms with E-state index in [9.17, 15) is 9.18 Å². The minimum Gasteiger partial charge on any atom is -0.497 e. The highest BCUT2D eigenvalue weighted by Gasteiger charge is 2.42. The van der Waals surface area contributed by atoms with E-state index in [0.29, 0.717) is 43.5 Å². The first-order valence-corrected chi connectivity index (χ1v) is 11.6. The number of benzene rings is 2. The molecule has 0 N–H and O–H groups in total. The highest BCUT2D eigenvalue weighted by molar-refractivity contribution is 6.05. The van der Waals surface area contributed by atoms with Gasteiger partial charge in [0.2, 0.25) is 5.91 Å². The Labute approximate surface area is 203 Å². The molecule has 3 heterocycles. The van der Waals surface area contributed by atoms with Crippen LogP contribution >= 0.6 is 0 Å². The lowest BCUT2D eigenvalue weighted by molar-refractivity contribution is -0.134. The summed E-state index contributed by atoms with van der Waals surface area (Å²) in [5, 5.41) is 4.52. The van der Waals surface area contributed by atoms with E-state index in [2.05, 4.69) is 10.00 Å². The first-order chi connectivity index (χ1) is 17.0. The van der Waals surface area contributed by atoms with Crippen LogP contribution in [0.2, 0.25) is 0 Å². The number of aromatic nitrogens is 2. The Morgan fingerprint density at radius 3 is 2.43 bits per heavy atom. The molecule has 1 aromatic heterocycles. The second kappa shape index (κ2) is 9.40. The highest BCUT2D eigenvalue weighted by atomic mass is 19.1. The summed E-state index contributed by atoms with van der Waals surface area (Å²) in [5.41, 5.74) is 2.54. The third-order valence-corrected chi connectivity index (χ3v) is 6.78. The van der Waals surface area contributed by atoms with Crippen molar-refractivity contribution in [2.24, 2.45) is 10.9 Å². The first-order valence-electron chi connectivity index (χ1n) is 11.6. The van der Waals surface area contributed by atoms with E-state index in [4.69, 9.17) is 14.5 Å². The molecule has 1 saturated heterocycles. The Bertz CT molecular complexity index is 1250. The number of hydrogen-bond donors (Lipinski definition) is 0. The van der Waals surface area contributed by atoms with Crippen molar-refractivity contribution >= 4 is 23.1 Å². The number of fused-ring (bicyclic) bond motifs is 1. The molecule has 2 aliphatic heterocycles. The van der Waals surface area contributed by atoms with E-state index in [1.54, 1.807) is 37.2 Å². The van der Waals surface area contributed by atoms with E-state index in [0.717, 1.165) is 17.0 Å². The molecule has 3 aromatic rings. The van der Waals surface area contributed by atoms with Crippen molar-refractivity contribution in [3.63, 3.8) is 0 Å². The minimum atomic E-state index is -0.526. The summed E-state index contributed by atoms with van der Waals surface area (Å²) >= 11 is 0. The molecular weight excluding hydrogens is 449 g/mol. The van der Waals surface area contributed by atoms with Crippen LogP contribution in [0.15, 0.2) is 59.7 Å². The van der Waals surface area contributed by atoms with Crippen LogP contribution in [0.1, 0.15) is 18.5 Å². The van der Waals surface area contributed by atoms with Crippen molar-refractivity contribution < 1.29 is 18.7 Å². The van der Waals surface area contributed by atoms with Crippen LogP contribution in [0.5, 0.6) is 11.5 Å². The van der Waals surface area contributed by atoms with Crippen molar-refractivity contribution in [1.29, 1.82) is 0 Å². The quantitative estimate of drug-likeness (QED) is 0.560. The molecule has 8 nitrogen and oxygen atoms in total. The number of hydrogen-bond acceptors (Lipinski definition) is 6. The second-order valence-electron chi connectivity index (χ2n) is 8.71. The van der Waals surface area contributed by atoms with E-state index < -0.39 is 12.0 Å². The van der Waals surface area contributed by atoms with Crippen LogP contribution in [0.3, 0.4) is 0 Å². The summed E-state index contributed by atoms with van der Waals surface area (Å²) in [5.74, 6) is 1.23. The Morgan fingerprint density at radius 2 is 1.74 bits per heavy atom. The summed E-state index contributed by atoms with van der Waals surface area (Å²) in [6.07, 6.45) is 1.70. The van der Waals surface area contributed by atoms with Gasteiger partial charge in [-0.15, -0.1) is 0 Å². The lowest BCUT2D eigenvalue weighted by Gasteiger charge is -2.40. The van der Waals surface area contributed by atoms with Crippen LogP contribution in [0, 0.1) is 11.7 Å². The summed E-state index contributed by atoms with van der Waals surface area (Å²) in [7, 11) is 3.22. The van der Waals surface area contributed by atoms with Gasteiger partial charge in [-0.2, -0.15) is 5.10 Å². The van der Waals surface area contributed by atoms with Gasteiger partial charge < -0.3 is 19.3 Å². The second-order valence-corrected chi connectivity index (χ2v) is 8.71. The molecule has 0 saturated carbocycles. The van der Waals surface area contributed by atoms with E-state index in [-0.39, 0.29) is 11.7 Å². The molecule has 182 valence electrons. The Morgan fingerprint density at radius 1 is 1.00 bits per heavy atom. The summed E-state index contributed by atoms with van der Waals surface area (Å²) in [6, 6.07) is 13.5. The number of anilines is 1. The standard InChI is InChI=1S/C26H28FN5O3/c1-17-24(26(33)31-14-12-30(13-15-31)19-6-4-18(27)5-7-19)25(32-23(29-17)10-11-28-32)21-9-8-20(34-2)16-22(21)35-3/h4-11,16,24-25H,12-15H2,1-3H3. The molecule has 2 atom stereocenters. The fraction of sp³-hybridized carbons (Fsp3) is 0.346. The van der Waals surface area contributed by atoms with Crippen LogP contribution < -0.4 is 14.4 Å². The molecule has 35 heavy (non-hydrogen) atoms. The number of methoxy groups -OCH3 is 2. The van der Waals surface area contributed by atoms with Gasteiger partial charge in [0.15, 0.2) is 5.82 Å². The Kier molecular flexibility index (Phi) is 6.15. The molecule has 1 amide bonds. The number of nitrogens with zero attached hydrogens (tertiary/aromatic N) is 5. The molecule has 9 heteroatoms. The SMILES string of the molecule is COc1ccc(C2C(C(=O)N3CCN(c4ccc(F)cc4)CC3)C(C)=Nc3ccnn32)c(OC)c1. The maximum atomic E-state index is 14.0. The molecule has 2 aliphatic rings. The van der Waals surface area contributed by atoms with Gasteiger partial charge in [0.1, 0.15) is 23.2 Å². The highest BCUT2D eigenvalue weighted by Crippen LogP contribution is 2.41. The maximum absolute atomic E-state index is 14.0. The third-order valence-electron chi connectivity index (χ3n) is 6.78. The topological polar surface area (TPSA) is 72.2 Å². The normalized spacial score (nSPS) is 19.7. The molecule has 5 rings (SSSR count). The van der Waals surface area contributed by atoms with Gasteiger partial charge in [-0.25, -0.2) is 14.1 Å².